The van der Waals surface area contributed by atoms with Crippen LogP contribution in [0, 0.1) is 0 Å². The average Bonchev–Trinajstić information content (AvgIpc) is 2.70. The van der Waals surface area contributed by atoms with Crippen LogP contribution in [0.3, 0.4) is 0 Å². The summed E-state index contributed by atoms with van der Waals surface area (Å²) in [6, 6.07) is 11.9. The van der Waals surface area contributed by atoms with Crippen molar-refractivity contribution in [2.45, 2.75) is 12.5 Å². The van der Waals surface area contributed by atoms with Gasteiger partial charge >= 0.3 is 12.1 Å². The van der Waals surface area contributed by atoms with Gasteiger partial charge in [-0.1, -0.05) is 12.1 Å². The van der Waals surface area contributed by atoms with Crippen molar-refractivity contribution < 1.29 is 29.0 Å². The minimum absolute atomic E-state index is 0.128. The van der Waals surface area contributed by atoms with Crippen molar-refractivity contribution in [1.29, 1.82) is 0 Å². The van der Waals surface area contributed by atoms with E-state index in [0.717, 1.165) is 5.56 Å². The predicted octanol–water partition coefficient (Wildman–Crippen LogP) is 2.09. The second-order valence-electron chi connectivity index (χ2n) is 6.13. The first-order valence-electron chi connectivity index (χ1n) is 8.80. The lowest BCUT2D eigenvalue weighted by Gasteiger charge is -2.13. The van der Waals surface area contributed by atoms with Gasteiger partial charge in [0.05, 0.1) is 18.2 Å². The maximum absolute atomic E-state index is 12.2. The quantitative estimate of drug-likeness (QED) is 0.472. The molecule has 0 aliphatic heterocycles. The number of carboxylic acids is 1. The van der Waals surface area contributed by atoms with Gasteiger partial charge in [-0.05, 0) is 48.4 Å². The van der Waals surface area contributed by atoms with Crippen LogP contribution in [-0.4, -0.2) is 49.4 Å². The molecule has 0 aliphatic rings. The van der Waals surface area contributed by atoms with Crippen LogP contribution in [0.5, 0.6) is 0 Å². The molecule has 1 unspecified atom stereocenters. The zero-order valence-corrected chi connectivity index (χ0v) is 15.9. The first-order chi connectivity index (χ1) is 13.9. The van der Waals surface area contributed by atoms with Gasteiger partial charge in [0.25, 0.3) is 0 Å². The molecular weight excluding hydrogens is 378 g/mol. The van der Waals surface area contributed by atoms with E-state index in [1.807, 2.05) is 0 Å². The summed E-state index contributed by atoms with van der Waals surface area (Å²) in [4.78, 5) is 34.7. The Morgan fingerprint density at radius 2 is 1.55 bits per heavy atom. The van der Waals surface area contributed by atoms with Crippen LogP contribution >= 0.6 is 0 Å². The Labute approximate surface area is 167 Å². The number of hydrogen-bond donors (Lipinski definition) is 4. The van der Waals surface area contributed by atoms with Crippen LogP contribution in [0.25, 0.3) is 0 Å². The number of amides is 2. The Hall–Kier alpha value is -3.43. The molecule has 0 heterocycles. The number of hydrogen-bond acceptors (Lipinski definition) is 6. The van der Waals surface area contributed by atoms with Crippen molar-refractivity contribution >= 4 is 29.3 Å². The molecule has 2 rings (SSSR count). The summed E-state index contributed by atoms with van der Waals surface area (Å²) in [7, 11) is 1.51. The van der Waals surface area contributed by atoms with Gasteiger partial charge in [0.1, 0.15) is 6.61 Å². The van der Waals surface area contributed by atoms with Gasteiger partial charge < -0.3 is 25.6 Å². The van der Waals surface area contributed by atoms with Gasteiger partial charge in [0.2, 0.25) is 5.91 Å². The van der Waals surface area contributed by atoms with Crippen LogP contribution in [0.2, 0.25) is 0 Å². The largest absolute Gasteiger partial charge is 0.478 e. The standard InChI is InChI=1S/C20H23N3O6/c1-28-10-11-29-20(27)23-16-6-2-13(3-7-16)12-17(21)18(24)22-15-8-4-14(5-9-15)19(25)26/h2-9,17H,10-12,21H2,1H3,(H,22,24)(H,23,27)(H,25,26). The minimum Gasteiger partial charge on any atom is -0.478 e. The fraction of sp³-hybridized carbons (Fsp3) is 0.250. The number of nitrogens with two attached hydrogens (primary N) is 1. The number of aromatic carboxylic acids is 1. The first kappa shape index (κ1) is 21.9. The molecule has 9 nitrogen and oxygen atoms in total. The average molecular weight is 401 g/mol. The molecule has 29 heavy (non-hydrogen) atoms. The van der Waals surface area contributed by atoms with E-state index in [0.29, 0.717) is 18.0 Å². The highest BCUT2D eigenvalue weighted by Crippen LogP contribution is 2.13. The number of carboxylic acid groups (broad SMARTS) is 1. The van der Waals surface area contributed by atoms with Crippen LogP contribution in [0.15, 0.2) is 48.5 Å². The van der Waals surface area contributed by atoms with E-state index < -0.39 is 24.0 Å². The zero-order valence-electron chi connectivity index (χ0n) is 15.9. The number of anilines is 2. The second-order valence-corrected chi connectivity index (χ2v) is 6.13. The maximum atomic E-state index is 12.2. The lowest BCUT2D eigenvalue weighted by molar-refractivity contribution is -0.117. The molecule has 2 amide bonds. The molecule has 9 heteroatoms. The molecule has 0 bridgehead atoms. The van der Waals surface area contributed by atoms with Crippen molar-refractivity contribution in [2.24, 2.45) is 5.73 Å². The normalized spacial score (nSPS) is 11.4. The number of methoxy groups -OCH3 is 1. The highest BCUT2D eigenvalue weighted by Gasteiger charge is 2.15. The van der Waals surface area contributed by atoms with Gasteiger partial charge in [-0.3, -0.25) is 10.1 Å². The summed E-state index contributed by atoms with van der Waals surface area (Å²) < 4.78 is 9.70. The van der Waals surface area contributed by atoms with Crippen LogP contribution in [0.4, 0.5) is 16.2 Å². The van der Waals surface area contributed by atoms with Crippen molar-refractivity contribution in [3.8, 4) is 0 Å². The molecule has 0 aliphatic carbocycles. The molecule has 0 spiro atoms. The van der Waals surface area contributed by atoms with Gasteiger partial charge in [0, 0.05) is 18.5 Å². The fourth-order valence-electron chi connectivity index (χ4n) is 2.37. The zero-order chi connectivity index (χ0) is 21.2. The summed E-state index contributed by atoms with van der Waals surface area (Å²) in [5.41, 5.74) is 7.90. The lowest BCUT2D eigenvalue weighted by Crippen LogP contribution is -2.37. The number of carbonyl (C=O) groups is 3. The smallest absolute Gasteiger partial charge is 0.411 e. The topological polar surface area (TPSA) is 140 Å². The highest BCUT2D eigenvalue weighted by atomic mass is 16.6. The van der Waals surface area contributed by atoms with Crippen LogP contribution in [0.1, 0.15) is 15.9 Å². The van der Waals surface area contributed by atoms with Crippen molar-refractivity contribution in [3.05, 3.63) is 59.7 Å². The third-order valence-electron chi connectivity index (χ3n) is 3.91. The van der Waals surface area contributed by atoms with E-state index in [1.54, 1.807) is 24.3 Å². The van der Waals surface area contributed by atoms with Crippen molar-refractivity contribution in [2.75, 3.05) is 31.0 Å². The SMILES string of the molecule is COCCOC(=O)Nc1ccc(CC(N)C(=O)Nc2ccc(C(=O)O)cc2)cc1. The molecule has 0 aromatic heterocycles. The van der Waals surface area contributed by atoms with Gasteiger partial charge in [-0.2, -0.15) is 0 Å². The number of carbonyl (C=O) groups excluding carboxylic acids is 2. The molecule has 1 atom stereocenters. The summed E-state index contributed by atoms with van der Waals surface area (Å²) >= 11 is 0. The molecule has 0 saturated carbocycles. The third kappa shape index (κ3) is 7.24. The molecule has 0 radical (unpaired) electrons. The van der Waals surface area contributed by atoms with E-state index >= 15 is 0 Å². The lowest BCUT2D eigenvalue weighted by atomic mass is 10.1. The Balaban J connectivity index is 1.84. The molecular formula is C20H23N3O6. The molecule has 0 saturated heterocycles. The van der Waals surface area contributed by atoms with Crippen LogP contribution < -0.4 is 16.4 Å². The minimum atomic E-state index is -1.04. The summed E-state index contributed by atoms with van der Waals surface area (Å²) in [6.07, 6.45) is -0.294. The first-order valence-corrected chi connectivity index (χ1v) is 8.80. The Kier molecular flexibility index (Phi) is 8.13. The van der Waals surface area contributed by atoms with Gasteiger partial charge in [-0.25, -0.2) is 9.59 Å². The number of ether oxygens (including phenoxy) is 2. The highest BCUT2D eigenvalue weighted by molar-refractivity contribution is 5.95. The molecule has 5 N–H and O–H groups in total. The third-order valence-corrected chi connectivity index (χ3v) is 3.91. The maximum Gasteiger partial charge on any atom is 0.411 e. The van der Waals surface area contributed by atoms with Crippen molar-refractivity contribution in [3.63, 3.8) is 0 Å². The second kappa shape index (κ2) is 10.8. The van der Waals surface area contributed by atoms with E-state index in [1.165, 1.54) is 31.4 Å². The predicted molar refractivity (Wildman–Crippen MR) is 107 cm³/mol. The van der Waals surface area contributed by atoms with Gasteiger partial charge in [-0.15, -0.1) is 0 Å². The van der Waals surface area contributed by atoms with Crippen LogP contribution in [-0.2, 0) is 20.7 Å². The Bertz CT molecular complexity index is 836. The van der Waals surface area contributed by atoms with E-state index in [2.05, 4.69) is 10.6 Å². The molecule has 2 aromatic rings. The number of benzene rings is 2. The van der Waals surface area contributed by atoms with Gasteiger partial charge in [0.15, 0.2) is 0 Å². The Morgan fingerprint density at radius 1 is 0.966 bits per heavy atom. The Morgan fingerprint density at radius 3 is 2.14 bits per heavy atom. The summed E-state index contributed by atoms with van der Waals surface area (Å²) in [6.45, 7) is 0.472. The van der Waals surface area contributed by atoms with E-state index in [9.17, 15) is 14.4 Å². The number of rotatable bonds is 9. The number of nitrogens with one attached hydrogen (secondary N) is 2. The summed E-state index contributed by atoms with van der Waals surface area (Å²) in [5, 5.41) is 14.1. The molecule has 2 aromatic carbocycles. The fourth-order valence-corrected chi connectivity index (χ4v) is 2.37. The van der Waals surface area contributed by atoms with E-state index in [-0.39, 0.29) is 18.6 Å². The van der Waals surface area contributed by atoms with E-state index in [4.69, 9.17) is 20.3 Å². The monoisotopic (exact) mass is 401 g/mol. The van der Waals surface area contributed by atoms with Crippen molar-refractivity contribution in [1.82, 2.24) is 0 Å². The molecule has 0 fully saturated rings. The molecule has 154 valence electrons. The summed E-state index contributed by atoms with van der Waals surface area (Å²) in [5.74, 6) is -1.43.